The number of nitriles is 1. The lowest BCUT2D eigenvalue weighted by Crippen LogP contribution is -2.26. The zero-order valence-corrected chi connectivity index (χ0v) is 21.7. The number of nitrogen functional groups attached to an aromatic ring is 1. The number of nitrogens with zero attached hydrogens (tertiary/aromatic N) is 7. The van der Waals surface area contributed by atoms with Gasteiger partial charge in [0.2, 0.25) is 0 Å². The van der Waals surface area contributed by atoms with Crippen LogP contribution in [0, 0.1) is 18.3 Å². The van der Waals surface area contributed by atoms with Gasteiger partial charge in [0.25, 0.3) is 5.56 Å². The second kappa shape index (κ2) is 9.65. The normalized spacial score (nSPS) is 15.0. The van der Waals surface area contributed by atoms with Gasteiger partial charge in [-0.3, -0.25) is 9.78 Å². The molecule has 0 bridgehead atoms. The van der Waals surface area contributed by atoms with Crippen molar-refractivity contribution in [1.82, 2.24) is 24.5 Å². The van der Waals surface area contributed by atoms with E-state index in [1.54, 1.807) is 17.8 Å². The number of nitrogens with two attached hydrogens (primary N) is 1. The summed E-state index contributed by atoms with van der Waals surface area (Å²) in [6.07, 6.45) is 8.62. The van der Waals surface area contributed by atoms with Crippen LogP contribution >= 0.6 is 0 Å². The Morgan fingerprint density at radius 2 is 2.00 bits per heavy atom. The van der Waals surface area contributed by atoms with Crippen molar-refractivity contribution in [2.45, 2.75) is 25.8 Å². The molecule has 192 valence electrons. The molecule has 2 N–H and O–H groups in total. The van der Waals surface area contributed by atoms with Gasteiger partial charge in [-0.2, -0.15) is 5.26 Å². The Labute approximate surface area is 225 Å². The molecule has 4 aromatic heterocycles. The highest BCUT2D eigenvalue weighted by molar-refractivity contribution is 5.95. The van der Waals surface area contributed by atoms with Crippen LogP contribution in [0.15, 0.2) is 72.2 Å². The fourth-order valence-electron chi connectivity index (χ4n) is 5.52. The Morgan fingerprint density at radius 1 is 1.13 bits per heavy atom. The molecule has 0 aliphatic carbocycles. The molecule has 0 spiro atoms. The number of aryl methyl sites for hydroxylation is 2. The first-order chi connectivity index (χ1) is 19.0. The minimum Gasteiger partial charge on any atom is -0.382 e. The summed E-state index contributed by atoms with van der Waals surface area (Å²) in [5, 5.41) is 10.8. The van der Waals surface area contributed by atoms with Crippen molar-refractivity contribution in [2.24, 2.45) is 7.05 Å². The number of para-hydroxylation sites is 1. The maximum atomic E-state index is 12.4. The molecule has 0 amide bonds. The fraction of sp³-hybridized carbons (Fsp3) is 0.200. The number of rotatable bonds is 4. The summed E-state index contributed by atoms with van der Waals surface area (Å²) in [7, 11) is 1.76. The molecule has 9 heteroatoms. The molecular formula is C30H26N8O. The molecule has 1 unspecified atom stereocenters. The highest BCUT2D eigenvalue weighted by Crippen LogP contribution is 2.42. The van der Waals surface area contributed by atoms with E-state index in [-0.39, 0.29) is 23.0 Å². The van der Waals surface area contributed by atoms with Crippen LogP contribution < -0.4 is 16.2 Å². The molecular weight excluding hydrogens is 488 g/mol. The van der Waals surface area contributed by atoms with E-state index in [0.29, 0.717) is 11.4 Å². The monoisotopic (exact) mass is 514 g/mol. The Morgan fingerprint density at radius 3 is 2.77 bits per heavy atom. The standard InChI is InChI=1S/C30H26N8O/c1-18-12-21(16-37(2)30(18)39)22-8-3-6-19-13-23(27(36-26(19)22)20-7-4-10-33-15-20)25-9-5-11-38(25)29-24(14-31)28(32)34-17-35-29/h3-4,6-8,10,12-13,15-17,25H,5,9,11H2,1-2H3,(H2,32,34,35). The van der Waals surface area contributed by atoms with Gasteiger partial charge in [-0.15, -0.1) is 0 Å². The van der Waals surface area contributed by atoms with Gasteiger partial charge >= 0.3 is 0 Å². The highest BCUT2D eigenvalue weighted by Gasteiger charge is 2.32. The van der Waals surface area contributed by atoms with Crippen LogP contribution in [0.5, 0.6) is 0 Å². The van der Waals surface area contributed by atoms with E-state index >= 15 is 0 Å². The van der Waals surface area contributed by atoms with Crippen molar-refractivity contribution in [3.05, 3.63) is 94.4 Å². The maximum Gasteiger partial charge on any atom is 0.253 e. The largest absolute Gasteiger partial charge is 0.382 e. The predicted molar refractivity (Wildman–Crippen MR) is 151 cm³/mol. The van der Waals surface area contributed by atoms with Gasteiger partial charge in [0, 0.05) is 65.4 Å². The quantitative estimate of drug-likeness (QED) is 0.370. The van der Waals surface area contributed by atoms with Crippen LogP contribution in [0.2, 0.25) is 0 Å². The van der Waals surface area contributed by atoms with Crippen molar-refractivity contribution in [2.75, 3.05) is 17.2 Å². The lowest BCUT2D eigenvalue weighted by Gasteiger charge is -2.28. The summed E-state index contributed by atoms with van der Waals surface area (Å²) >= 11 is 0. The second-order valence-corrected chi connectivity index (χ2v) is 9.79. The van der Waals surface area contributed by atoms with Crippen molar-refractivity contribution < 1.29 is 0 Å². The van der Waals surface area contributed by atoms with Gasteiger partial charge < -0.3 is 15.2 Å². The number of aromatic nitrogens is 5. The Bertz CT molecular complexity index is 1800. The first-order valence-electron chi connectivity index (χ1n) is 12.7. The van der Waals surface area contributed by atoms with E-state index in [1.807, 2.05) is 49.6 Å². The van der Waals surface area contributed by atoms with Crippen molar-refractivity contribution in [3.8, 4) is 28.5 Å². The number of hydrogen-bond donors (Lipinski definition) is 1. The fourth-order valence-corrected chi connectivity index (χ4v) is 5.52. The van der Waals surface area contributed by atoms with E-state index in [0.717, 1.165) is 58.2 Å². The first kappa shape index (κ1) is 24.2. The topological polar surface area (TPSA) is 127 Å². The molecule has 1 fully saturated rings. The molecule has 1 aliphatic heterocycles. The van der Waals surface area contributed by atoms with Crippen LogP contribution in [0.25, 0.3) is 33.3 Å². The molecule has 1 atom stereocenters. The van der Waals surface area contributed by atoms with Gasteiger partial charge in [0.15, 0.2) is 5.82 Å². The third-order valence-corrected chi connectivity index (χ3v) is 7.34. The Balaban J connectivity index is 1.58. The van der Waals surface area contributed by atoms with Crippen molar-refractivity contribution >= 4 is 22.5 Å². The molecule has 1 aliphatic rings. The molecule has 1 aromatic carbocycles. The van der Waals surface area contributed by atoms with Gasteiger partial charge in [-0.1, -0.05) is 18.2 Å². The van der Waals surface area contributed by atoms with Crippen molar-refractivity contribution in [1.29, 1.82) is 5.26 Å². The van der Waals surface area contributed by atoms with Crippen LogP contribution in [0.1, 0.15) is 35.6 Å². The summed E-state index contributed by atoms with van der Waals surface area (Å²) in [5.41, 5.74) is 12.4. The van der Waals surface area contributed by atoms with E-state index < -0.39 is 0 Å². The summed E-state index contributed by atoms with van der Waals surface area (Å²) < 4.78 is 1.61. The third-order valence-electron chi connectivity index (χ3n) is 7.34. The van der Waals surface area contributed by atoms with E-state index in [9.17, 15) is 10.1 Å². The van der Waals surface area contributed by atoms with Crippen LogP contribution in [0.3, 0.4) is 0 Å². The lowest BCUT2D eigenvalue weighted by atomic mass is 9.94. The minimum atomic E-state index is -0.0676. The molecule has 0 radical (unpaired) electrons. The third kappa shape index (κ3) is 4.16. The summed E-state index contributed by atoms with van der Waals surface area (Å²) in [6.45, 7) is 2.56. The molecule has 6 rings (SSSR count). The zero-order chi connectivity index (χ0) is 27.1. The molecule has 9 nitrogen and oxygen atoms in total. The first-order valence-corrected chi connectivity index (χ1v) is 12.7. The van der Waals surface area contributed by atoms with E-state index in [4.69, 9.17) is 10.7 Å². The molecule has 1 saturated heterocycles. The Hall–Kier alpha value is -5.10. The Kier molecular flexibility index (Phi) is 6.00. The number of anilines is 2. The zero-order valence-electron chi connectivity index (χ0n) is 21.7. The van der Waals surface area contributed by atoms with Crippen LogP contribution in [0.4, 0.5) is 11.6 Å². The summed E-state index contributed by atoms with van der Waals surface area (Å²) in [6, 6.07) is 16.2. The average Bonchev–Trinajstić information content (AvgIpc) is 3.44. The van der Waals surface area contributed by atoms with Gasteiger partial charge in [-0.25, -0.2) is 15.0 Å². The summed E-state index contributed by atoms with van der Waals surface area (Å²) in [5.74, 6) is 0.716. The van der Waals surface area contributed by atoms with Gasteiger partial charge in [0.1, 0.15) is 23.8 Å². The number of fused-ring (bicyclic) bond motifs is 1. The van der Waals surface area contributed by atoms with E-state index in [1.165, 1.54) is 6.33 Å². The molecule has 5 aromatic rings. The van der Waals surface area contributed by atoms with E-state index in [2.05, 4.69) is 38.1 Å². The number of hydrogen-bond acceptors (Lipinski definition) is 8. The summed E-state index contributed by atoms with van der Waals surface area (Å²) in [4.78, 5) is 32.6. The van der Waals surface area contributed by atoms with Crippen LogP contribution in [-0.2, 0) is 7.05 Å². The minimum absolute atomic E-state index is 0.0197. The molecule has 5 heterocycles. The van der Waals surface area contributed by atoms with Gasteiger partial charge in [-0.05, 0) is 44.0 Å². The lowest BCUT2D eigenvalue weighted by molar-refractivity contribution is 0.710. The average molecular weight is 515 g/mol. The van der Waals surface area contributed by atoms with Crippen LogP contribution in [-0.4, -0.2) is 31.0 Å². The van der Waals surface area contributed by atoms with Gasteiger partial charge in [0.05, 0.1) is 17.3 Å². The molecule has 39 heavy (non-hydrogen) atoms. The predicted octanol–water partition coefficient (Wildman–Crippen LogP) is 4.56. The van der Waals surface area contributed by atoms with Crippen molar-refractivity contribution in [3.63, 3.8) is 0 Å². The molecule has 0 saturated carbocycles. The highest BCUT2D eigenvalue weighted by atomic mass is 16.1. The maximum absolute atomic E-state index is 12.4. The number of benzene rings is 1. The number of pyridine rings is 3. The second-order valence-electron chi connectivity index (χ2n) is 9.79. The SMILES string of the molecule is Cc1cc(-c2cccc3cc(C4CCCN4c4ncnc(N)c4C#N)c(-c4cccnc4)nc23)cn(C)c1=O. The smallest absolute Gasteiger partial charge is 0.253 e.